The van der Waals surface area contributed by atoms with E-state index in [1.54, 1.807) is 0 Å². The van der Waals surface area contributed by atoms with Crippen LogP contribution in [0.2, 0.25) is 12.1 Å². The second kappa shape index (κ2) is 2.90. The zero-order valence-corrected chi connectivity index (χ0v) is 6.39. The molecule has 0 fully saturated rings. The smallest absolute Gasteiger partial charge is 0.303 e. The van der Waals surface area contributed by atoms with Gasteiger partial charge in [-0.1, -0.05) is 20.7 Å². The summed E-state index contributed by atoms with van der Waals surface area (Å²) in [5, 5.41) is -0.436. The van der Waals surface area contributed by atoms with Crippen LogP contribution in [0.5, 0.6) is 0 Å². The van der Waals surface area contributed by atoms with Gasteiger partial charge in [0.1, 0.15) is 7.28 Å². The van der Waals surface area contributed by atoms with Crippen LogP contribution in [0, 0.1) is 0 Å². The maximum absolute atomic E-state index is 10.8. The molecule has 0 aliphatic heterocycles. The summed E-state index contributed by atoms with van der Waals surface area (Å²) in [7, 11) is 3.21. The third kappa shape index (κ3) is 2.08. The average molecular weight is 127 g/mol. The number of hydrogen-bond acceptors (Lipinski definition) is 2. The number of carbonyl (C=O) groups excluding carboxylic acids is 1. The van der Waals surface area contributed by atoms with Gasteiger partial charge < -0.3 is 4.74 Å². The largest absolute Gasteiger partial charge is 0.469 e. The van der Waals surface area contributed by atoms with Crippen molar-refractivity contribution in [2.45, 2.75) is 26.0 Å². The number of rotatable bonds is 2. The predicted molar refractivity (Wildman–Crippen MR) is 37.7 cm³/mol. The minimum Gasteiger partial charge on any atom is -0.469 e. The molecule has 0 aliphatic rings. The van der Waals surface area contributed by atoms with Gasteiger partial charge in [-0.15, -0.1) is 0 Å². The second-order valence-electron chi connectivity index (χ2n) is 2.50. The first-order valence-electron chi connectivity index (χ1n) is 2.93. The van der Waals surface area contributed by atoms with E-state index in [-0.39, 0.29) is 5.97 Å². The first-order valence-corrected chi connectivity index (χ1v) is 2.93. The minimum atomic E-state index is -0.436. The van der Waals surface area contributed by atoms with E-state index < -0.39 is 5.31 Å². The lowest BCUT2D eigenvalue weighted by Gasteiger charge is -2.17. The molecule has 51 valence electrons. The maximum atomic E-state index is 10.8. The highest BCUT2D eigenvalue weighted by atomic mass is 16.5. The van der Waals surface area contributed by atoms with Crippen LogP contribution in [-0.4, -0.2) is 20.4 Å². The molecule has 0 aromatic carbocycles. The number of methoxy groups -OCH3 is 1. The highest BCUT2D eigenvalue weighted by Gasteiger charge is 2.26. The fraction of sp³-hybridized carbons (Fsp3) is 0.833. The maximum Gasteiger partial charge on any atom is 0.303 e. The quantitative estimate of drug-likeness (QED) is 0.410. The summed E-state index contributed by atoms with van der Waals surface area (Å²) in [6.45, 7) is 5.48. The van der Waals surface area contributed by atoms with E-state index in [1.165, 1.54) is 7.11 Å². The molecule has 0 bridgehead atoms. The Morgan fingerprint density at radius 3 is 2.11 bits per heavy atom. The summed E-state index contributed by atoms with van der Waals surface area (Å²) in [5.74, 6) is -0.190. The summed E-state index contributed by atoms with van der Waals surface area (Å²) in [4.78, 5) is 10.8. The van der Waals surface area contributed by atoms with Gasteiger partial charge in [-0.25, -0.2) is 0 Å². The second-order valence-corrected chi connectivity index (χ2v) is 2.50. The Bertz CT molecular complexity index is 110. The van der Waals surface area contributed by atoms with Crippen molar-refractivity contribution in [2.24, 2.45) is 0 Å². The lowest BCUT2D eigenvalue weighted by Crippen LogP contribution is -2.23. The Hall–Kier alpha value is -0.465. The van der Waals surface area contributed by atoms with E-state index in [9.17, 15) is 4.79 Å². The topological polar surface area (TPSA) is 26.3 Å². The molecule has 0 saturated carbocycles. The molecule has 0 heterocycles. The molecule has 0 aliphatic carbocycles. The molecule has 9 heavy (non-hydrogen) atoms. The van der Waals surface area contributed by atoms with Gasteiger partial charge in [0.2, 0.25) is 0 Å². The van der Waals surface area contributed by atoms with E-state index in [4.69, 9.17) is 0 Å². The Labute approximate surface area is 56.8 Å². The van der Waals surface area contributed by atoms with E-state index in [0.29, 0.717) is 0 Å². The van der Waals surface area contributed by atoms with Gasteiger partial charge in [-0.2, -0.15) is 0 Å². The summed E-state index contributed by atoms with van der Waals surface area (Å²) in [5.41, 5.74) is 0. The Kier molecular flexibility index (Phi) is 2.75. The number of esters is 1. The van der Waals surface area contributed by atoms with Crippen LogP contribution in [0.25, 0.3) is 0 Å². The van der Waals surface area contributed by atoms with E-state index in [0.717, 1.165) is 0 Å². The van der Waals surface area contributed by atoms with Crippen molar-refractivity contribution in [1.29, 1.82) is 0 Å². The highest BCUT2D eigenvalue weighted by molar-refractivity contribution is 6.44. The van der Waals surface area contributed by atoms with E-state index in [1.807, 2.05) is 28.0 Å². The molecule has 1 radical (unpaired) electrons. The lowest BCUT2D eigenvalue weighted by molar-refractivity contribution is -0.143. The summed E-state index contributed by atoms with van der Waals surface area (Å²) in [6.07, 6.45) is 0. The van der Waals surface area contributed by atoms with Crippen LogP contribution in [0.3, 0.4) is 0 Å². The van der Waals surface area contributed by atoms with Crippen molar-refractivity contribution >= 4 is 13.2 Å². The zero-order valence-electron chi connectivity index (χ0n) is 6.39. The van der Waals surface area contributed by atoms with Crippen LogP contribution >= 0.6 is 0 Å². The fourth-order valence-electron chi connectivity index (χ4n) is 0.381. The Morgan fingerprint density at radius 2 is 2.00 bits per heavy atom. The Balaban J connectivity index is 3.97. The molecule has 0 aromatic heterocycles. The van der Waals surface area contributed by atoms with Gasteiger partial charge in [0.15, 0.2) is 0 Å². The molecule has 0 spiro atoms. The van der Waals surface area contributed by atoms with Crippen molar-refractivity contribution in [2.75, 3.05) is 7.11 Å². The summed E-state index contributed by atoms with van der Waals surface area (Å²) < 4.78 is 4.54. The molecule has 0 saturated heterocycles. The lowest BCUT2D eigenvalue weighted by atomic mass is 9.56. The SMILES string of the molecule is C[B]C(C)(C)C(=O)OC. The zero-order chi connectivity index (χ0) is 7.49. The van der Waals surface area contributed by atoms with Crippen LogP contribution in [-0.2, 0) is 9.53 Å². The average Bonchev–Trinajstić information content (AvgIpc) is 1.86. The van der Waals surface area contributed by atoms with Crippen molar-refractivity contribution in [3.63, 3.8) is 0 Å². The van der Waals surface area contributed by atoms with Crippen LogP contribution < -0.4 is 0 Å². The number of carbonyl (C=O) groups is 1. The van der Waals surface area contributed by atoms with Crippen molar-refractivity contribution < 1.29 is 9.53 Å². The van der Waals surface area contributed by atoms with Crippen LogP contribution in [0.4, 0.5) is 0 Å². The third-order valence-electron chi connectivity index (χ3n) is 1.43. The molecule has 2 nitrogen and oxygen atoms in total. The van der Waals surface area contributed by atoms with Crippen molar-refractivity contribution in [1.82, 2.24) is 0 Å². The van der Waals surface area contributed by atoms with Gasteiger partial charge in [0, 0.05) is 5.31 Å². The monoisotopic (exact) mass is 127 g/mol. The van der Waals surface area contributed by atoms with Crippen LogP contribution in [0.15, 0.2) is 0 Å². The molecule has 0 aromatic rings. The molecular formula is C6H12BO2. The normalized spacial score (nSPS) is 10.7. The van der Waals surface area contributed by atoms with Gasteiger partial charge >= 0.3 is 5.97 Å². The molecule has 0 unspecified atom stereocenters. The summed E-state index contributed by atoms with van der Waals surface area (Å²) >= 11 is 0. The highest BCUT2D eigenvalue weighted by Crippen LogP contribution is 2.23. The predicted octanol–water partition coefficient (Wildman–Crippen LogP) is 1.11. The molecular weight excluding hydrogens is 115 g/mol. The standard InChI is InChI=1S/C6H12BO2/c1-6(2,7-3)5(8)9-4/h1-4H3. The molecule has 0 N–H and O–H groups in total. The van der Waals surface area contributed by atoms with Crippen LogP contribution in [0.1, 0.15) is 13.8 Å². The van der Waals surface area contributed by atoms with Gasteiger partial charge in [-0.3, -0.25) is 4.79 Å². The first kappa shape index (κ1) is 8.53. The number of ether oxygens (including phenoxy) is 1. The molecule has 0 atom stereocenters. The van der Waals surface area contributed by atoms with Crippen molar-refractivity contribution in [3.8, 4) is 0 Å². The first-order chi connectivity index (χ1) is 4.04. The third-order valence-corrected chi connectivity index (χ3v) is 1.43. The van der Waals surface area contributed by atoms with E-state index >= 15 is 0 Å². The number of hydrogen-bond donors (Lipinski definition) is 0. The molecule has 0 amide bonds. The summed E-state index contributed by atoms with van der Waals surface area (Å²) in [6, 6.07) is 0. The Morgan fingerprint density at radius 1 is 1.56 bits per heavy atom. The van der Waals surface area contributed by atoms with Crippen molar-refractivity contribution in [3.05, 3.63) is 0 Å². The fourth-order valence-corrected chi connectivity index (χ4v) is 0.381. The molecule has 0 rings (SSSR count). The van der Waals surface area contributed by atoms with E-state index in [2.05, 4.69) is 4.74 Å². The molecule has 3 heteroatoms. The van der Waals surface area contributed by atoms with Gasteiger partial charge in [0.05, 0.1) is 7.11 Å². The van der Waals surface area contributed by atoms with Gasteiger partial charge in [0.25, 0.3) is 0 Å². The van der Waals surface area contributed by atoms with Gasteiger partial charge in [-0.05, 0) is 0 Å². The minimum absolute atomic E-state index is 0.190.